The number of para-hydroxylation sites is 2. The number of nitrogens with zero attached hydrogens (tertiary/aromatic N) is 1. The van der Waals surface area contributed by atoms with Crippen LogP contribution in [-0.4, -0.2) is 42.5 Å². The molecule has 6 nitrogen and oxygen atoms in total. The molecule has 0 spiro atoms. The van der Waals surface area contributed by atoms with E-state index in [9.17, 15) is 9.59 Å². The van der Waals surface area contributed by atoms with Gasteiger partial charge in [-0.05, 0) is 57.0 Å². The number of amides is 2. The van der Waals surface area contributed by atoms with Gasteiger partial charge in [-0.25, -0.2) is 0 Å². The van der Waals surface area contributed by atoms with Gasteiger partial charge in [0.25, 0.3) is 5.91 Å². The summed E-state index contributed by atoms with van der Waals surface area (Å²) in [6, 6.07) is 14.6. The van der Waals surface area contributed by atoms with Crippen molar-refractivity contribution < 1.29 is 14.3 Å². The van der Waals surface area contributed by atoms with Crippen LogP contribution in [0.3, 0.4) is 0 Å². The third-order valence-corrected chi connectivity index (χ3v) is 4.48. The lowest BCUT2D eigenvalue weighted by Gasteiger charge is -2.16. The van der Waals surface area contributed by atoms with Crippen molar-refractivity contribution in [3.05, 3.63) is 54.1 Å². The normalized spacial score (nSPS) is 13.5. The smallest absolute Gasteiger partial charge is 0.253 e. The second-order valence-corrected chi connectivity index (χ2v) is 7.14. The van der Waals surface area contributed by atoms with Gasteiger partial charge in [-0.15, -0.1) is 0 Å². The minimum Gasteiger partial charge on any atom is -0.489 e. The van der Waals surface area contributed by atoms with Gasteiger partial charge in [0.1, 0.15) is 5.75 Å². The van der Waals surface area contributed by atoms with Crippen LogP contribution in [0.4, 0.5) is 11.4 Å². The number of carbonyl (C=O) groups excluding carboxylic acids is 2. The summed E-state index contributed by atoms with van der Waals surface area (Å²) in [5, 5.41) is 5.95. The number of rotatable bonds is 7. The highest BCUT2D eigenvalue weighted by molar-refractivity contribution is 5.98. The lowest BCUT2D eigenvalue weighted by Crippen LogP contribution is -2.27. The largest absolute Gasteiger partial charge is 0.489 e. The number of ether oxygens (including phenoxy) is 1. The fourth-order valence-electron chi connectivity index (χ4n) is 3.18. The molecule has 1 saturated heterocycles. The number of hydrogen-bond acceptors (Lipinski definition) is 4. The summed E-state index contributed by atoms with van der Waals surface area (Å²) < 4.78 is 5.75. The van der Waals surface area contributed by atoms with E-state index in [0.29, 0.717) is 17.0 Å². The van der Waals surface area contributed by atoms with E-state index in [-0.39, 0.29) is 24.5 Å². The van der Waals surface area contributed by atoms with Gasteiger partial charge in [0.2, 0.25) is 5.91 Å². The van der Waals surface area contributed by atoms with Crippen molar-refractivity contribution in [1.82, 2.24) is 4.90 Å². The van der Waals surface area contributed by atoms with Crippen LogP contribution >= 0.6 is 0 Å². The van der Waals surface area contributed by atoms with Gasteiger partial charge in [-0.2, -0.15) is 0 Å². The van der Waals surface area contributed by atoms with Crippen LogP contribution in [-0.2, 0) is 4.79 Å². The second-order valence-electron chi connectivity index (χ2n) is 7.14. The van der Waals surface area contributed by atoms with Crippen LogP contribution < -0.4 is 15.4 Å². The second kappa shape index (κ2) is 9.26. The summed E-state index contributed by atoms with van der Waals surface area (Å²) in [6.07, 6.45) is 2.15. The summed E-state index contributed by atoms with van der Waals surface area (Å²) in [6.45, 7) is 5.62. The number of anilines is 2. The van der Waals surface area contributed by atoms with Gasteiger partial charge < -0.3 is 20.3 Å². The van der Waals surface area contributed by atoms with Crippen molar-refractivity contribution >= 4 is 23.2 Å². The van der Waals surface area contributed by atoms with Crippen molar-refractivity contribution in [2.75, 3.05) is 30.3 Å². The van der Waals surface area contributed by atoms with Gasteiger partial charge >= 0.3 is 0 Å². The highest BCUT2D eigenvalue weighted by Gasteiger charge is 2.19. The zero-order chi connectivity index (χ0) is 19.9. The maximum Gasteiger partial charge on any atom is 0.253 e. The molecule has 2 N–H and O–H groups in total. The quantitative estimate of drug-likeness (QED) is 0.766. The summed E-state index contributed by atoms with van der Waals surface area (Å²) in [4.78, 5) is 26.7. The molecular formula is C22H27N3O3. The maximum atomic E-state index is 12.5. The molecule has 0 bridgehead atoms. The molecule has 1 heterocycles. The van der Waals surface area contributed by atoms with Crippen molar-refractivity contribution in [2.24, 2.45) is 0 Å². The highest BCUT2D eigenvalue weighted by atomic mass is 16.5. The topological polar surface area (TPSA) is 70.7 Å². The minimum atomic E-state index is -0.190. The van der Waals surface area contributed by atoms with Gasteiger partial charge in [0.05, 0.1) is 18.3 Å². The third kappa shape index (κ3) is 5.25. The van der Waals surface area contributed by atoms with Crippen LogP contribution in [0.1, 0.15) is 37.0 Å². The maximum absolute atomic E-state index is 12.5. The first-order valence-electron chi connectivity index (χ1n) is 9.71. The van der Waals surface area contributed by atoms with E-state index >= 15 is 0 Å². The molecule has 0 atom stereocenters. The molecule has 1 aliphatic heterocycles. The van der Waals surface area contributed by atoms with Crippen LogP contribution in [0.15, 0.2) is 48.5 Å². The first kappa shape index (κ1) is 19.7. The van der Waals surface area contributed by atoms with Crippen LogP contribution in [0.2, 0.25) is 0 Å². The Morgan fingerprint density at radius 3 is 2.57 bits per heavy atom. The molecule has 0 aromatic heterocycles. The Hall–Kier alpha value is -3.02. The number of likely N-dealkylation sites (tertiary alicyclic amines) is 1. The number of carbonyl (C=O) groups is 2. The number of nitrogens with one attached hydrogen (secondary N) is 2. The zero-order valence-corrected chi connectivity index (χ0v) is 16.4. The molecule has 2 amide bonds. The highest BCUT2D eigenvalue weighted by Crippen LogP contribution is 2.24. The molecule has 1 aliphatic rings. The summed E-state index contributed by atoms with van der Waals surface area (Å²) >= 11 is 0. The van der Waals surface area contributed by atoms with Gasteiger partial charge in [0, 0.05) is 24.3 Å². The SMILES string of the molecule is CC(C)Oc1ccccc1NCC(=O)Nc1cccc(C(=O)N2CCCC2)c1. The number of benzene rings is 2. The molecule has 0 radical (unpaired) electrons. The fraction of sp³-hybridized carbons (Fsp3) is 0.364. The molecule has 0 aliphatic carbocycles. The van der Waals surface area contributed by atoms with E-state index in [1.165, 1.54) is 0 Å². The van der Waals surface area contributed by atoms with E-state index in [1.807, 2.05) is 43.0 Å². The Balaban J connectivity index is 1.58. The zero-order valence-electron chi connectivity index (χ0n) is 16.4. The van der Waals surface area contributed by atoms with E-state index in [2.05, 4.69) is 10.6 Å². The number of hydrogen-bond donors (Lipinski definition) is 2. The van der Waals surface area contributed by atoms with Crippen molar-refractivity contribution in [1.29, 1.82) is 0 Å². The van der Waals surface area contributed by atoms with Crippen LogP contribution in [0.25, 0.3) is 0 Å². The average molecular weight is 381 g/mol. The summed E-state index contributed by atoms with van der Waals surface area (Å²) in [5.41, 5.74) is 1.98. The van der Waals surface area contributed by atoms with Crippen molar-refractivity contribution in [3.63, 3.8) is 0 Å². The Kier molecular flexibility index (Phi) is 6.53. The standard InChI is InChI=1S/C22H27N3O3/c1-16(2)28-20-11-4-3-10-19(20)23-15-21(26)24-18-9-7-8-17(14-18)22(27)25-12-5-6-13-25/h3-4,7-11,14,16,23H,5-6,12-13,15H2,1-2H3,(H,24,26). The first-order valence-corrected chi connectivity index (χ1v) is 9.71. The van der Waals surface area contributed by atoms with Gasteiger partial charge in [0.15, 0.2) is 0 Å². The first-order chi connectivity index (χ1) is 13.5. The summed E-state index contributed by atoms with van der Waals surface area (Å²) in [7, 11) is 0. The van der Waals surface area contributed by atoms with E-state index in [1.54, 1.807) is 24.3 Å². The average Bonchev–Trinajstić information content (AvgIpc) is 3.21. The Morgan fingerprint density at radius 1 is 1.07 bits per heavy atom. The van der Waals surface area contributed by atoms with E-state index < -0.39 is 0 Å². The summed E-state index contributed by atoms with van der Waals surface area (Å²) in [5.74, 6) is 0.542. The molecule has 148 valence electrons. The molecule has 0 saturated carbocycles. The molecule has 1 fully saturated rings. The molecule has 2 aromatic carbocycles. The van der Waals surface area contributed by atoms with E-state index in [0.717, 1.165) is 31.6 Å². The fourth-order valence-corrected chi connectivity index (χ4v) is 3.18. The molecule has 6 heteroatoms. The predicted octanol–water partition coefficient (Wildman–Crippen LogP) is 3.76. The van der Waals surface area contributed by atoms with Crippen LogP contribution in [0.5, 0.6) is 5.75 Å². The van der Waals surface area contributed by atoms with E-state index in [4.69, 9.17) is 4.74 Å². The Bertz CT molecular complexity index is 829. The molecule has 0 unspecified atom stereocenters. The lowest BCUT2D eigenvalue weighted by molar-refractivity contribution is -0.114. The van der Waals surface area contributed by atoms with Gasteiger partial charge in [-0.3, -0.25) is 9.59 Å². The molecule has 2 aromatic rings. The van der Waals surface area contributed by atoms with Gasteiger partial charge in [-0.1, -0.05) is 18.2 Å². The Morgan fingerprint density at radius 2 is 1.82 bits per heavy atom. The van der Waals surface area contributed by atoms with Crippen molar-refractivity contribution in [2.45, 2.75) is 32.8 Å². The predicted molar refractivity (Wildman–Crippen MR) is 111 cm³/mol. The third-order valence-electron chi connectivity index (χ3n) is 4.48. The molecular weight excluding hydrogens is 354 g/mol. The molecule has 3 rings (SSSR count). The minimum absolute atomic E-state index is 0.0199. The van der Waals surface area contributed by atoms with Crippen molar-refractivity contribution in [3.8, 4) is 5.75 Å². The van der Waals surface area contributed by atoms with Crippen LogP contribution in [0, 0.1) is 0 Å². The Labute approximate surface area is 165 Å². The monoisotopic (exact) mass is 381 g/mol. The lowest BCUT2D eigenvalue weighted by atomic mass is 10.1. The molecule has 28 heavy (non-hydrogen) atoms.